The van der Waals surface area contributed by atoms with E-state index in [2.05, 4.69) is 8.37 Å². The van der Waals surface area contributed by atoms with Crippen LogP contribution in [-0.4, -0.2) is 62.5 Å². The number of rotatable bonds is 8. The van der Waals surface area contributed by atoms with Gasteiger partial charge >= 0.3 is 0 Å². The Morgan fingerprint density at radius 1 is 0.706 bits per heavy atom. The quantitative estimate of drug-likeness (QED) is 0.489. The Labute approximate surface area is 101 Å². The molecule has 0 fully saturated rings. The van der Waals surface area contributed by atoms with Crippen molar-refractivity contribution in [1.82, 2.24) is 0 Å². The summed E-state index contributed by atoms with van der Waals surface area (Å²) in [5.74, 6) is -1.04. The Bertz CT molecular complexity index is 482. The maximum absolute atomic E-state index is 11.3. The molecule has 0 aromatic heterocycles. The molecule has 0 aliphatic heterocycles. The maximum Gasteiger partial charge on any atom is 0.264 e. The van der Waals surface area contributed by atoms with E-state index in [1.165, 1.54) is 0 Å². The van der Waals surface area contributed by atoms with E-state index in [1.54, 1.807) is 0 Å². The molecule has 0 amide bonds. The van der Waals surface area contributed by atoms with Crippen molar-refractivity contribution in [3.8, 4) is 0 Å². The molecule has 0 rings (SSSR count). The summed E-state index contributed by atoms with van der Waals surface area (Å²) < 4.78 is 73.2. The summed E-state index contributed by atoms with van der Waals surface area (Å²) in [6.07, 6.45) is 1.60. The minimum atomic E-state index is -3.68. The van der Waals surface area contributed by atoms with Gasteiger partial charge in [-0.15, -0.1) is 0 Å². The van der Waals surface area contributed by atoms with Gasteiger partial charge in [-0.1, -0.05) is 0 Å². The summed E-state index contributed by atoms with van der Waals surface area (Å²) in [5, 5.41) is 0. The van der Waals surface area contributed by atoms with Gasteiger partial charge in [0.05, 0.1) is 37.2 Å². The third-order valence-electron chi connectivity index (χ3n) is 1.38. The molecule has 0 aromatic carbocycles. The first kappa shape index (κ1) is 16.8. The summed E-state index contributed by atoms with van der Waals surface area (Å²) in [5.41, 5.74) is 0. The molecular formula is C6H14O8S3. The van der Waals surface area contributed by atoms with Crippen molar-refractivity contribution in [2.45, 2.75) is 0 Å². The first-order valence-corrected chi connectivity index (χ1v) is 9.76. The van der Waals surface area contributed by atoms with Crippen molar-refractivity contribution in [2.24, 2.45) is 0 Å². The van der Waals surface area contributed by atoms with E-state index < -0.39 is 54.8 Å². The fourth-order valence-corrected chi connectivity index (χ4v) is 2.59. The number of sulfone groups is 1. The van der Waals surface area contributed by atoms with Crippen LogP contribution < -0.4 is 0 Å². The minimum absolute atomic E-state index is 0.500. The van der Waals surface area contributed by atoms with Gasteiger partial charge in [-0.25, -0.2) is 8.42 Å². The van der Waals surface area contributed by atoms with Crippen molar-refractivity contribution in [3.63, 3.8) is 0 Å². The molecule has 0 aromatic rings. The van der Waals surface area contributed by atoms with Crippen molar-refractivity contribution in [3.05, 3.63) is 0 Å². The van der Waals surface area contributed by atoms with Gasteiger partial charge in [0.25, 0.3) is 20.2 Å². The van der Waals surface area contributed by atoms with Crippen LogP contribution >= 0.6 is 0 Å². The van der Waals surface area contributed by atoms with Gasteiger partial charge in [0, 0.05) is 0 Å². The van der Waals surface area contributed by atoms with E-state index >= 15 is 0 Å². The second kappa shape index (κ2) is 6.09. The third-order valence-corrected chi connectivity index (χ3v) is 4.15. The maximum atomic E-state index is 11.3. The standard InChI is InChI=1S/C6H14O8S3/c1-15(7,8)13-3-5-17(11,12)6-4-14-16(2,9)10/h3-6H2,1-2H3. The molecule has 11 heteroatoms. The van der Waals surface area contributed by atoms with Gasteiger partial charge in [0.2, 0.25) is 0 Å². The molecule has 0 aliphatic rings. The summed E-state index contributed by atoms with van der Waals surface area (Å²) in [6.45, 7) is -1.000. The Morgan fingerprint density at radius 2 is 1.00 bits per heavy atom. The highest BCUT2D eigenvalue weighted by Crippen LogP contribution is 1.96. The Hall–Kier alpha value is -0.230. The van der Waals surface area contributed by atoms with Gasteiger partial charge < -0.3 is 0 Å². The normalized spacial score (nSPS) is 13.8. The molecule has 0 saturated heterocycles. The van der Waals surface area contributed by atoms with Crippen LogP contribution in [0.15, 0.2) is 0 Å². The molecule has 17 heavy (non-hydrogen) atoms. The highest BCUT2D eigenvalue weighted by molar-refractivity contribution is 7.91. The van der Waals surface area contributed by atoms with Gasteiger partial charge in [-0.2, -0.15) is 16.8 Å². The lowest BCUT2D eigenvalue weighted by Gasteiger charge is -2.04. The molecule has 0 spiro atoms. The van der Waals surface area contributed by atoms with E-state index in [4.69, 9.17) is 0 Å². The molecule has 8 nitrogen and oxygen atoms in total. The average molecular weight is 310 g/mol. The highest BCUT2D eigenvalue weighted by Gasteiger charge is 2.14. The monoisotopic (exact) mass is 310 g/mol. The van der Waals surface area contributed by atoms with Crippen LogP contribution in [0, 0.1) is 0 Å². The fourth-order valence-electron chi connectivity index (χ4n) is 0.727. The van der Waals surface area contributed by atoms with Crippen LogP contribution in [0.3, 0.4) is 0 Å². The molecule has 0 atom stereocenters. The second-order valence-electron chi connectivity index (χ2n) is 3.20. The van der Waals surface area contributed by atoms with Crippen LogP contribution in [0.5, 0.6) is 0 Å². The van der Waals surface area contributed by atoms with Crippen LogP contribution in [0.1, 0.15) is 0 Å². The van der Waals surface area contributed by atoms with E-state index in [0.717, 1.165) is 12.5 Å². The van der Waals surface area contributed by atoms with Crippen LogP contribution in [0.4, 0.5) is 0 Å². The van der Waals surface area contributed by atoms with E-state index in [1.807, 2.05) is 0 Å². The lowest BCUT2D eigenvalue weighted by atomic mass is 10.9. The van der Waals surface area contributed by atoms with Crippen molar-refractivity contribution < 1.29 is 33.6 Å². The minimum Gasteiger partial charge on any atom is -0.269 e. The van der Waals surface area contributed by atoms with E-state index in [-0.39, 0.29) is 0 Å². The second-order valence-corrected chi connectivity index (χ2v) is 8.80. The molecule has 0 heterocycles. The van der Waals surface area contributed by atoms with Crippen molar-refractivity contribution in [1.29, 1.82) is 0 Å². The molecule has 0 aliphatic carbocycles. The van der Waals surface area contributed by atoms with Gasteiger partial charge in [0.15, 0.2) is 9.84 Å². The lowest BCUT2D eigenvalue weighted by Crippen LogP contribution is -2.21. The smallest absolute Gasteiger partial charge is 0.264 e. The zero-order valence-electron chi connectivity index (χ0n) is 9.32. The van der Waals surface area contributed by atoms with Crippen molar-refractivity contribution >= 4 is 30.1 Å². The van der Waals surface area contributed by atoms with E-state index in [0.29, 0.717) is 0 Å². The zero-order valence-corrected chi connectivity index (χ0v) is 11.8. The summed E-state index contributed by atoms with van der Waals surface area (Å²) in [4.78, 5) is 0. The Morgan fingerprint density at radius 3 is 1.24 bits per heavy atom. The molecule has 0 radical (unpaired) electrons. The largest absolute Gasteiger partial charge is 0.269 e. The zero-order chi connectivity index (χ0) is 13.7. The Kier molecular flexibility index (Phi) is 6.01. The molecule has 0 N–H and O–H groups in total. The topological polar surface area (TPSA) is 121 Å². The van der Waals surface area contributed by atoms with E-state index in [9.17, 15) is 25.3 Å². The van der Waals surface area contributed by atoms with Gasteiger partial charge in [-0.05, 0) is 0 Å². The average Bonchev–Trinajstić information content (AvgIpc) is 1.96. The highest BCUT2D eigenvalue weighted by atomic mass is 32.2. The van der Waals surface area contributed by atoms with Crippen LogP contribution in [0.25, 0.3) is 0 Å². The molecule has 0 unspecified atom stereocenters. The van der Waals surface area contributed by atoms with Crippen molar-refractivity contribution in [2.75, 3.05) is 37.2 Å². The van der Waals surface area contributed by atoms with Crippen LogP contribution in [-0.2, 0) is 38.4 Å². The first-order valence-electron chi connectivity index (χ1n) is 4.30. The lowest BCUT2D eigenvalue weighted by molar-refractivity contribution is 0.337. The predicted octanol–water partition coefficient (Wildman–Crippen LogP) is -1.65. The SMILES string of the molecule is CS(=O)(=O)OCCS(=O)(=O)CCOS(C)(=O)=O. The third kappa shape index (κ3) is 12.0. The summed E-state index contributed by atoms with van der Waals surface area (Å²) >= 11 is 0. The van der Waals surface area contributed by atoms with Gasteiger partial charge in [-0.3, -0.25) is 8.37 Å². The van der Waals surface area contributed by atoms with Gasteiger partial charge in [0.1, 0.15) is 0 Å². The Balaban J connectivity index is 4.06. The predicted molar refractivity (Wildman–Crippen MR) is 60.2 cm³/mol. The van der Waals surface area contributed by atoms with Crippen LogP contribution in [0.2, 0.25) is 0 Å². The molecule has 104 valence electrons. The molecule has 0 saturated carbocycles. The molecule has 0 bridgehead atoms. The summed E-state index contributed by atoms with van der Waals surface area (Å²) in [7, 11) is -11.0. The number of hydrogen-bond acceptors (Lipinski definition) is 8. The molecular weight excluding hydrogens is 296 g/mol. The summed E-state index contributed by atoms with van der Waals surface area (Å²) in [6, 6.07) is 0. The fraction of sp³-hybridized carbons (Fsp3) is 1.00. The number of hydrogen-bond donors (Lipinski definition) is 0. The first-order chi connectivity index (χ1) is 7.41.